The van der Waals surface area contributed by atoms with Gasteiger partial charge in [-0.15, -0.1) is 0 Å². The Morgan fingerprint density at radius 2 is 1.95 bits per heavy atom. The molecule has 2 aromatic carbocycles. The number of aryl methyl sites for hydroxylation is 1. The number of carbonyl (C=O) groups is 1. The molecule has 1 aromatic heterocycles. The quantitative estimate of drug-likeness (QED) is 0.752. The summed E-state index contributed by atoms with van der Waals surface area (Å²) in [6.45, 7) is 1.67. The number of H-pyrrole nitrogens is 1. The number of fused-ring (bicyclic) bond motifs is 1. The standard InChI is InChI=1S/C14H11FN4O/c1-8-2-4-10(7-11(8)15)16-14(20)9-3-5-12-13(6-9)18-19-17-12/h2-7H,1H3,(H,16,20)(H,17,18,19). The van der Waals surface area contributed by atoms with Crippen molar-refractivity contribution in [1.82, 2.24) is 15.4 Å². The third kappa shape index (κ3) is 2.23. The van der Waals surface area contributed by atoms with E-state index >= 15 is 0 Å². The highest BCUT2D eigenvalue weighted by atomic mass is 19.1. The highest BCUT2D eigenvalue weighted by Crippen LogP contribution is 2.16. The van der Waals surface area contributed by atoms with E-state index in [9.17, 15) is 9.18 Å². The van der Waals surface area contributed by atoms with Crippen molar-refractivity contribution in [3.05, 3.63) is 53.3 Å². The maximum absolute atomic E-state index is 13.4. The first kappa shape index (κ1) is 12.3. The molecule has 1 heterocycles. The normalized spacial score (nSPS) is 10.7. The fourth-order valence-electron chi connectivity index (χ4n) is 1.86. The van der Waals surface area contributed by atoms with E-state index in [-0.39, 0.29) is 11.7 Å². The van der Waals surface area contributed by atoms with Gasteiger partial charge < -0.3 is 5.32 Å². The van der Waals surface area contributed by atoms with E-state index in [1.165, 1.54) is 6.07 Å². The van der Waals surface area contributed by atoms with Crippen molar-refractivity contribution in [3.8, 4) is 0 Å². The van der Waals surface area contributed by atoms with Gasteiger partial charge in [0, 0.05) is 11.3 Å². The van der Waals surface area contributed by atoms with Gasteiger partial charge in [0.2, 0.25) is 0 Å². The third-order valence-electron chi connectivity index (χ3n) is 3.01. The molecule has 0 aliphatic heterocycles. The van der Waals surface area contributed by atoms with Gasteiger partial charge in [0.05, 0.1) is 0 Å². The minimum Gasteiger partial charge on any atom is -0.322 e. The molecule has 0 atom stereocenters. The molecule has 5 nitrogen and oxygen atoms in total. The molecule has 1 amide bonds. The molecule has 20 heavy (non-hydrogen) atoms. The van der Waals surface area contributed by atoms with Gasteiger partial charge in [-0.25, -0.2) is 4.39 Å². The predicted octanol–water partition coefficient (Wildman–Crippen LogP) is 2.66. The molecule has 0 saturated heterocycles. The Morgan fingerprint density at radius 3 is 2.75 bits per heavy atom. The van der Waals surface area contributed by atoms with Gasteiger partial charge >= 0.3 is 0 Å². The van der Waals surface area contributed by atoms with Gasteiger partial charge in [0.15, 0.2) is 0 Å². The topological polar surface area (TPSA) is 70.7 Å². The molecule has 2 N–H and O–H groups in total. The van der Waals surface area contributed by atoms with Crippen LogP contribution in [-0.4, -0.2) is 21.3 Å². The predicted molar refractivity (Wildman–Crippen MR) is 73.0 cm³/mol. The fourth-order valence-corrected chi connectivity index (χ4v) is 1.86. The average Bonchev–Trinajstić information content (AvgIpc) is 2.90. The van der Waals surface area contributed by atoms with Crippen molar-refractivity contribution in [2.24, 2.45) is 0 Å². The van der Waals surface area contributed by atoms with Crippen LogP contribution < -0.4 is 5.32 Å². The average molecular weight is 270 g/mol. The second-order valence-corrected chi connectivity index (χ2v) is 4.45. The van der Waals surface area contributed by atoms with Gasteiger partial charge in [0.25, 0.3) is 5.91 Å². The van der Waals surface area contributed by atoms with Crippen molar-refractivity contribution in [1.29, 1.82) is 0 Å². The molecular weight excluding hydrogens is 259 g/mol. The first-order valence-corrected chi connectivity index (χ1v) is 6.01. The van der Waals surface area contributed by atoms with Gasteiger partial charge in [-0.2, -0.15) is 15.4 Å². The van der Waals surface area contributed by atoms with Crippen molar-refractivity contribution in [2.75, 3.05) is 5.32 Å². The Hall–Kier alpha value is -2.76. The van der Waals surface area contributed by atoms with E-state index in [1.54, 1.807) is 37.3 Å². The zero-order valence-electron chi connectivity index (χ0n) is 10.6. The molecular formula is C14H11FN4O. The van der Waals surface area contributed by atoms with Crippen LogP contribution in [-0.2, 0) is 0 Å². The maximum Gasteiger partial charge on any atom is 0.255 e. The third-order valence-corrected chi connectivity index (χ3v) is 3.01. The van der Waals surface area contributed by atoms with Gasteiger partial charge in [-0.3, -0.25) is 4.79 Å². The number of halogens is 1. The lowest BCUT2D eigenvalue weighted by Gasteiger charge is -2.06. The molecule has 0 unspecified atom stereocenters. The molecule has 0 aliphatic rings. The lowest BCUT2D eigenvalue weighted by Crippen LogP contribution is -2.12. The van der Waals surface area contributed by atoms with Crippen LogP contribution in [0.3, 0.4) is 0 Å². The van der Waals surface area contributed by atoms with Crippen molar-refractivity contribution in [2.45, 2.75) is 6.92 Å². The molecule has 0 saturated carbocycles. The number of anilines is 1. The Morgan fingerprint density at radius 1 is 1.15 bits per heavy atom. The first-order chi connectivity index (χ1) is 9.63. The number of carbonyl (C=O) groups excluding carboxylic acids is 1. The van der Waals surface area contributed by atoms with E-state index in [2.05, 4.69) is 20.7 Å². The zero-order valence-corrected chi connectivity index (χ0v) is 10.6. The van der Waals surface area contributed by atoms with Gasteiger partial charge in [0.1, 0.15) is 16.9 Å². The fraction of sp³-hybridized carbons (Fsp3) is 0.0714. The summed E-state index contributed by atoms with van der Waals surface area (Å²) in [6.07, 6.45) is 0. The zero-order chi connectivity index (χ0) is 14.1. The van der Waals surface area contributed by atoms with Crippen molar-refractivity contribution >= 4 is 22.6 Å². The molecule has 0 aliphatic carbocycles. The monoisotopic (exact) mass is 270 g/mol. The number of nitrogens with one attached hydrogen (secondary N) is 2. The molecule has 0 bridgehead atoms. The molecule has 0 radical (unpaired) electrons. The summed E-state index contributed by atoms with van der Waals surface area (Å²) in [5, 5.41) is 13.0. The molecule has 0 spiro atoms. The molecule has 6 heteroatoms. The van der Waals surface area contributed by atoms with Crippen LogP contribution in [0.4, 0.5) is 10.1 Å². The smallest absolute Gasteiger partial charge is 0.255 e. The Balaban J connectivity index is 1.86. The van der Waals surface area contributed by atoms with E-state index in [4.69, 9.17) is 0 Å². The lowest BCUT2D eigenvalue weighted by molar-refractivity contribution is 0.102. The molecule has 100 valence electrons. The summed E-state index contributed by atoms with van der Waals surface area (Å²) in [5.74, 6) is -0.673. The van der Waals surface area contributed by atoms with Crippen molar-refractivity contribution in [3.63, 3.8) is 0 Å². The minimum absolute atomic E-state index is 0.321. The summed E-state index contributed by atoms with van der Waals surface area (Å²) in [7, 11) is 0. The number of amides is 1. The minimum atomic E-state index is -0.352. The van der Waals surface area contributed by atoms with E-state index < -0.39 is 0 Å². The molecule has 0 fully saturated rings. The van der Waals surface area contributed by atoms with Gasteiger partial charge in [-0.1, -0.05) is 6.07 Å². The van der Waals surface area contributed by atoms with Crippen molar-refractivity contribution < 1.29 is 9.18 Å². The van der Waals surface area contributed by atoms with E-state index in [1.807, 2.05) is 0 Å². The second-order valence-electron chi connectivity index (χ2n) is 4.45. The molecule has 3 rings (SSSR count). The highest BCUT2D eigenvalue weighted by molar-refractivity contribution is 6.05. The number of aromatic amines is 1. The second kappa shape index (κ2) is 4.73. The number of rotatable bonds is 2. The Labute approximate surface area is 113 Å². The van der Waals surface area contributed by atoms with Crippen LogP contribution in [0.5, 0.6) is 0 Å². The van der Waals surface area contributed by atoms with Crippen LogP contribution in [0, 0.1) is 12.7 Å². The summed E-state index contributed by atoms with van der Waals surface area (Å²) in [5.41, 5.74) is 2.67. The van der Waals surface area contributed by atoms with Gasteiger partial charge in [-0.05, 0) is 42.8 Å². The Kier molecular flexibility index (Phi) is 2.90. The number of nitrogens with zero attached hydrogens (tertiary/aromatic N) is 2. The number of hydrogen-bond donors (Lipinski definition) is 2. The number of aromatic nitrogens is 3. The summed E-state index contributed by atoms with van der Waals surface area (Å²) in [6, 6.07) is 9.53. The van der Waals surface area contributed by atoms with Crippen LogP contribution >= 0.6 is 0 Å². The molecule has 3 aromatic rings. The number of benzene rings is 2. The lowest BCUT2D eigenvalue weighted by atomic mass is 10.1. The van der Waals surface area contributed by atoms with Crippen LogP contribution in [0.25, 0.3) is 11.0 Å². The highest BCUT2D eigenvalue weighted by Gasteiger charge is 2.09. The summed E-state index contributed by atoms with van der Waals surface area (Å²) >= 11 is 0. The largest absolute Gasteiger partial charge is 0.322 e. The van der Waals surface area contributed by atoms with Crippen LogP contribution in [0.2, 0.25) is 0 Å². The summed E-state index contributed by atoms with van der Waals surface area (Å²) < 4.78 is 13.4. The van der Waals surface area contributed by atoms with E-state index in [0.29, 0.717) is 27.8 Å². The first-order valence-electron chi connectivity index (χ1n) is 6.01. The maximum atomic E-state index is 13.4. The van der Waals surface area contributed by atoms with Crippen LogP contribution in [0.15, 0.2) is 36.4 Å². The van der Waals surface area contributed by atoms with E-state index in [0.717, 1.165) is 0 Å². The SMILES string of the molecule is Cc1ccc(NC(=O)c2ccc3n[nH]nc3c2)cc1F. The Bertz CT molecular complexity index is 797. The van der Waals surface area contributed by atoms with Crippen LogP contribution in [0.1, 0.15) is 15.9 Å². The number of hydrogen-bond acceptors (Lipinski definition) is 3. The summed E-state index contributed by atoms with van der Waals surface area (Å²) in [4.78, 5) is 12.1.